The number of rotatable bonds is 2. The molecule has 2 rings (SSSR count). The Morgan fingerprint density at radius 1 is 1.38 bits per heavy atom. The standard InChI is InChI=1S/C13H18BrNO/c1-12(2)4-3-5-13(12,16)7-10-6-11(14)9-15-8-10/h6,8-9,16H,3-5,7H2,1-2H3. The summed E-state index contributed by atoms with van der Waals surface area (Å²) in [5.74, 6) is 0. The number of aromatic nitrogens is 1. The van der Waals surface area contributed by atoms with Gasteiger partial charge in [0.25, 0.3) is 0 Å². The van der Waals surface area contributed by atoms with E-state index in [9.17, 15) is 5.11 Å². The van der Waals surface area contributed by atoms with E-state index in [1.807, 2.05) is 12.3 Å². The van der Waals surface area contributed by atoms with Gasteiger partial charge in [0.2, 0.25) is 0 Å². The van der Waals surface area contributed by atoms with Crippen LogP contribution in [0.3, 0.4) is 0 Å². The van der Waals surface area contributed by atoms with Crippen molar-refractivity contribution in [1.82, 2.24) is 4.98 Å². The molecule has 3 heteroatoms. The van der Waals surface area contributed by atoms with Crippen LogP contribution in [0.2, 0.25) is 0 Å². The van der Waals surface area contributed by atoms with Crippen molar-refractivity contribution in [2.75, 3.05) is 0 Å². The van der Waals surface area contributed by atoms with Gasteiger partial charge in [-0.15, -0.1) is 0 Å². The Hall–Kier alpha value is -0.410. The van der Waals surface area contributed by atoms with E-state index in [4.69, 9.17) is 0 Å². The minimum Gasteiger partial charge on any atom is -0.389 e. The van der Waals surface area contributed by atoms with Gasteiger partial charge in [-0.25, -0.2) is 0 Å². The second kappa shape index (κ2) is 4.11. The van der Waals surface area contributed by atoms with E-state index < -0.39 is 5.60 Å². The summed E-state index contributed by atoms with van der Waals surface area (Å²) >= 11 is 3.41. The van der Waals surface area contributed by atoms with Crippen LogP contribution < -0.4 is 0 Å². The van der Waals surface area contributed by atoms with Crippen LogP contribution in [-0.4, -0.2) is 15.7 Å². The molecule has 1 saturated carbocycles. The summed E-state index contributed by atoms with van der Waals surface area (Å²) in [6, 6.07) is 2.04. The minimum atomic E-state index is -0.574. The summed E-state index contributed by atoms with van der Waals surface area (Å²) in [4.78, 5) is 4.15. The van der Waals surface area contributed by atoms with Crippen LogP contribution in [0.15, 0.2) is 22.9 Å². The van der Waals surface area contributed by atoms with Crippen LogP contribution in [-0.2, 0) is 6.42 Å². The highest BCUT2D eigenvalue weighted by Crippen LogP contribution is 2.47. The lowest BCUT2D eigenvalue weighted by atomic mass is 9.74. The number of hydrogen-bond acceptors (Lipinski definition) is 2. The average Bonchev–Trinajstić information content (AvgIpc) is 2.41. The molecule has 1 aromatic rings. The second-order valence-electron chi connectivity index (χ2n) is 5.46. The van der Waals surface area contributed by atoms with Crippen LogP contribution >= 0.6 is 15.9 Å². The molecule has 1 N–H and O–H groups in total. The van der Waals surface area contributed by atoms with Gasteiger partial charge in [0, 0.05) is 23.3 Å². The molecule has 1 heterocycles. The number of aliphatic hydroxyl groups is 1. The summed E-state index contributed by atoms with van der Waals surface area (Å²) in [5.41, 5.74) is 0.539. The van der Waals surface area contributed by atoms with Gasteiger partial charge in [0.1, 0.15) is 0 Å². The Morgan fingerprint density at radius 3 is 2.69 bits per heavy atom. The molecule has 88 valence electrons. The van der Waals surface area contributed by atoms with Crippen molar-refractivity contribution in [3.63, 3.8) is 0 Å². The van der Waals surface area contributed by atoms with Crippen LogP contribution in [0.4, 0.5) is 0 Å². The Labute approximate surface area is 105 Å². The van der Waals surface area contributed by atoms with Crippen molar-refractivity contribution in [2.45, 2.75) is 45.1 Å². The van der Waals surface area contributed by atoms with E-state index in [2.05, 4.69) is 34.8 Å². The molecule has 0 saturated heterocycles. The van der Waals surface area contributed by atoms with Gasteiger partial charge in [0.15, 0.2) is 0 Å². The zero-order valence-electron chi connectivity index (χ0n) is 9.83. The fraction of sp³-hybridized carbons (Fsp3) is 0.615. The molecule has 1 aliphatic carbocycles. The monoisotopic (exact) mass is 283 g/mol. The molecular formula is C13H18BrNO. The normalized spacial score (nSPS) is 28.2. The maximum atomic E-state index is 10.7. The zero-order valence-corrected chi connectivity index (χ0v) is 11.4. The first-order valence-electron chi connectivity index (χ1n) is 5.75. The summed E-state index contributed by atoms with van der Waals surface area (Å²) in [7, 11) is 0. The van der Waals surface area contributed by atoms with Gasteiger partial charge in [-0.05, 0) is 52.2 Å². The molecule has 0 bridgehead atoms. The quantitative estimate of drug-likeness (QED) is 0.903. The highest BCUT2D eigenvalue weighted by Gasteiger charge is 2.47. The maximum Gasteiger partial charge on any atom is 0.0739 e. The molecule has 1 aliphatic rings. The predicted octanol–water partition coefficient (Wildman–Crippen LogP) is 3.33. The highest BCUT2D eigenvalue weighted by atomic mass is 79.9. The van der Waals surface area contributed by atoms with Crippen molar-refractivity contribution < 1.29 is 5.11 Å². The number of nitrogens with zero attached hydrogens (tertiary/aromatic N) is 1. The number of pyridine rings is 1. The van der Waals surface area contributed by atoms with Crippen molar-refractivity contribution in [3.8, 4) is 0 Å². The third kappa shape index (κ3) is 2.16. The summed E-state index contributed by atoms with van der Waals surface area (Å²) in [5, 5.41) is 10.7. The van der Waals surface area contributed by atoms with Gasteiger partial charge in [0.05, 0.1) is 5.60 Å². The SMILES string of the molecule is CC1(C)CCCC1(O)Cc1cncc(Br)c1. The van der Waals surface area contributed by atoms with Gasteiger partial charge in [-0.2, -0.15) is 0 Å². The highest BCUT2D eigenvalue weighted by molar-refractivity contribution is 9.10. The topological polar surface area (TPSA) is 33.1 Å². The van der Waals surface area contributed by atoms with E-state index in [1.54, 1.807) is 6.20 Å². The molecule has 0 aromatic carbocycles. The van der Waals surface area contributed by atoms with Gasteiger partial charge in [-0.1, -0.05) is 13.8 Å². The predicted molar refractivity (Wildman–Crippen MR) is 68.2 cm³/mol. The lowest BCUT2D eigenvalue weighted by molar-refractivity contribution is -0.0420. The Morgan fingerprint density at radius 2 is 2.12 bits per heavy atom. The first-order chi connectivity index (χ1) is 7.43. The third-order valence-corrected chi connectivity index (χ3v) is 4.34. The van der Waals surface area contributed by atoms with E-state index in [1.165, 1.54) is 0 Å². The first-order valence-corrected chi connectivity index (χ1v) is 6.54. The van der Waals surface area contributed by atoms with Gasteiger partial charge in [-0.3, -0.25) is 4.98 Å². The van der Waals surface area contributed by atoms with Crippen LogP contribution in [0.25, 0.3) is 0 Å². The third-order valence-electron chi connectivity index (χ3n) is 3.91. The van der Waals surface area contributed by atoms with Crippen LogP contribution in [0.1, 0.15) is 38.7 Å². The Kier molecular flexibility index (Phi) is 3.10. The van der Waals surface area contributed by atoms with Crippen molar-refractivity contribution in [1.29, 1.82) is 0 Å². The minimum absolute atomic E-state index is 0.00924. The molecular weight excluding hydrogens is 266 g/mol. The maximum absolute atomic E-state index is 10.7. The Balaban J connectivity index is 2.21. The Bertz CT molecular complexity index is 391. The largest absolute Gasteiger partial charge is 0.389 e. The molecule has 0 amide bonds. The summed E-state index contributed by atoms with van der Waals surface area (Å²) < 4.78 is 0.976. The summed E-state index contributed by atoms with van der Waals surface area (Å²) in [6.45, 7) is 4.32. The molecule has 16 heavy (non-hydrogen) atoms. The number of hydrogen-bond donors (Lipinski definition) is 1. The van der Waals surface area contributed by atoms with Crippen molar-refractivity contribution in [2.24, 2.45) is 5.41 Å². The molecule has 2 nitrogen and oxygen atoms in total. The first kappa shape index (κ1) is 12.1. The van der Waals surface area contributed by atoms with E-state index >= 15 is 0 Å². The van der Waals surface area contributed by atoms with Crippen LogP contribution in [0.5, 0.6) is 0 Å². The molecule has 1 aromatic heterocycles. The van der Waals surface area contributed by atoms with E-state index in [-0.39, 0.29) is 5.41 Å². The summed E-state index contributed by atoms with van der Waals surface area (Å²) in [6.07, 6.45) is 7.43. The fourth-order valence-electron chi connectivity index (χ4n) is 2.61. The second-order valence-corrected chi connectivity index (χ2v) is 6.37. The average molecular weight is 284 g/mol. The molecule has 0 radical (unpaired) electrons. The zero-order chi connectivity index (χ0) is 11.8. The van der Waals surface area contributed by atoms with E-state index in [0.717, 1.165) is 29.3 Å². The van der Waals surface area contributed by atoms with Crippen molar-refractivity contribution in [3.05, 3.63) is 28.5 Å². The molecule has 0 spiro atoms. The molecule has 0 aliphatic heterocycles. The smallest absolute Gasteiger partial charge is 0.0739 e. The van der Waals surface area contributed by atoms with E-state index in [0.29, 0.717) is 6.42 Å². The lowest BCUT2D eigenvalue weighted by Gasteiger charge is -2.37. The van der Waals surface area contributed by atoms with Gasteiger partial charge < -0.3 is 5.11 Å². The van der Waals surface area contributed by atoms with Crippen molar-refractivity contribution >= 4 is 15.9 Å². The number of halogens is 1. The lowest BCUT2D eigenvalue weighted by Crippen LogP contribution is -2.41. The van der Waals surface area contributed by atoms with Crippen LogP contribution in [0, 0.1) is 5.41 Å². The molecule has 1 atom stereocenters. The van der Waals surface area contributed by atoms with Gasteiger partial charge >= 0.3 is 0 Å². The molecule has 1 fully saturated rings. The molecule has 1 unspecified atom stereocenters. The fourth-order valence-corrected chi connectivity index (χ4v) is 3.02.